The lowest BCUT2D eigenvalue weighted by molar-refractivity contribution is -0.120. The van der Waals surface area contributed by atoms with E-state index in [9.17, 15) is 9.90 Å². The van der Waals surface area contributed by atoms with Crippen molar-refractivity contribution in [2.75, 3.05) is 0 Å². The number of amides is 1. The summed E-state index contributed by atoms with van der Waals surface area (Å²) in [6.07, 6.45) is 0.228. The average molecular weight is 397 g/mol. The molecule has 3 aromatic carbocycles. The van der Waals surface area contributed by atoms with E-state index in [0.29, 0.717) is 11.3 Å². The molecule has 0 fully saturated rings. The molecule has 1 amide bonds. The van der Waals surface area contributed by atoms with Crippen LogP contribution in [0.15, 0.2) is 70.2 Å². The molecule has 0 aliphatic carbocycles. The molecule has 3 rings (SSSR count). The maximum Gasteiger partial charge on any atom is 0.244 e. The number of hydrazone groups is 1. The number of aromatic hydroxyl groups is 1. The van der Waals surface area contributed by atoms with Crippen molar-refractivity contribution in [2.45, 2.75) is 13.3 Å². The Balaban J connectivity index is 1.77. The van der Waals surface area contributed by atoms with Gasteiger partial charge in [0.2, 0.25) is 5.91 Å². The molecule has 2 N–H and O–H groups in total. The first-order valence-electron chi connectivity index (χ1n) is 7.84. The van der Waals surface area contributed by atoms with E-state index in [4.69, 9.17) is 0 Å². The van der Waals surface area contributed by atoms with Gasteiger partial charge in [0, 0.05) is 10.0 Å². The Kier molecular flexibility index (Phi) is 5.14. The molecule has 4 nitrogen and oxygen atoms in total. The number of hydrogen-bond donors (Lipinski definition) is 2. The van der Waals surface area contributed by atoms with Crippen molar-refractivity contribution in [1.29, 1.82) is 0 Å². The fraction of sp³-hybridized carbons (Fsp3) is 0.100. The Morgan fingerprint density at radius 3 is 2.48 bits per heavy atom. The number of nitrogens with zero attached hydrogens (tertiary/aromatic N) is 1. The van der Waals surface area contributed by atoms with Crippen LogP contribution in [0.3, 0.4) is 0 Å². The summed E-state index contributed by atoms with van der Waals surface area (Å²) in [5.74, 6) is -0.0702. The SMILES string of the molecule is C/C(=N/NC(=O)Cc1ccc(Br)c2ccccc12)c1ccccc1O. The minimum atomic E-state index is -0.206. The summed E-state index contributed by atoms with van der Waals surface area (Å²) in [4.78, 5) is 12.3. The van der Waals surface area contributed by atoms with Gasteiger partial charge in [-0.1, -0.05) is 58.4 Å². The van der Waals surface area contributed by atoms with E-state index >= 15 is 0 Å². The third-order valence-corrected chi connectivity index (χ3v) is 4.65. The van der Waals surface area contributed by atoms with Gasteiger partial charge in [-0.3, -0.25) is 4.79 Å². The Labute approximate surface area is 154 Å². The number of halogens is 1. The molecule has 3 aromatic rings. The van der Waals surface area contributed by atoms with Gasteiger partial charge in [-0.2, -0.15) is 5.10 Å². The van der Waals surface area contributed by atoms with Gasteiger partial charge in [-0.05, 0) is 41.5 Å². The lowest BCUT2D eigenvalue weighted by atomic mass is 10.0. The average Bonchev–Trinajstić information content (AvgIpc) is 2.63. The second kappa shape index (κ2) is 7.49. The minimum Gasteiger partial charge on any atom is -0.507 e. The largest absolute Gasteiger partial charge is 0.507 e. The molecule has 0 aliphatic heterocycles. The molecule has 0 heterocycles. The fourth-order valence-corrected chi connectivity index (χ4v) is 3.16. The van der Waals surface area contributed by atoms with Crippen LogP contribution in [0.2, 0.25) is 0 Å². The van der Waals surface area contributed by atoms with E-state index in [1.54, 1.807) is 25.1 Å². The third-order valence-electron chi connectivity index (χ3n) is 3.95. The summed E-state index contributed by atoms with van der Waals surface area (Å²) in [5.41, 5.74) is 4.64. The zero-order valence-electron chi connectivity index (χ0n) is 13.7. The lowest BCUT2D eigenvalue weighted by Crippen LogP contribution is -2.21. The normalized spacial score (nSPS) is 11.5. The van der Waals surface area contributed by atoms with E-state index < -0.39 is 0 Å². The first kappa shape index (κ1) is 17.2. The minimum absolute atomic E-state index is 0.136. The van der Waals surface area contributed by atoms with Gasteiger partial charge in [0.05, 0.1) is 12.1 Å². The second-order valence-electron chi connectivity index (χ2n) is 5.68. The number of phenols is 1. The van der Waals surface area contributed by atoms with Crippen molar-refractivity contribution >= 4 is 38.3 Å². The Morgan fingerprint density at radius 1 is 1.04 bits per heavy atom. The van der Waals surface area contributed by atoms with E-state index in [1.165, 1.54) is 0 Å². The number of hydrogen-bond acceptors (Lipinski definition) is 3. The third kappa shape index (κ3) is 3.88. The van der Waals surface area contributed by atoms with Gasteiger partial charge in [-0.15, -0.1) is 0 Å². The highest BCUT2D eigenvalue weighted by molar-refractivity contribution is 9.10. The van der Waals surface area contributed by atoms with E-state index in [0.717, 1.165) is 20.8 Å². The zero-order valence-corrected chi connectivity index (χ0v) is 15.2. The molecule has 0 radical (unpaired) electrons. The van der Waals surface area contributed by atoms with Gasteiger partial charge < -0.3 is 5.11 Å². The van der Waals surface area contributed by atoms with Crippen LogP contribution >= 0.6 is 15.9 Å². The fourth-order valence-electron chi connectivity index (χ4n) is 2.68. The van der Waals surface area contributed by atoms with Crippen LogP contribution in [-0.2, 0) is 11.2 Å². The lowest BCUT2D eigenvalue weighted by Gasteiger charge is -2.08. The van der Waals surface area contributed by atoms with Crippen molar-refractivity contribution in [2.24, 2.45) is 5.10 Å². The summed E-state index contributed by atoms with van der Waals surface area (Å²) in [6.45, 7) is 1.74. The Bertz CT molecular complexity index is 967. The molecule has 0 aromatic heterocycles. The maximum atomic E-state index is 12.3. The molecule has 0 unspecified atom stereocenters. The topological polar surface area (TPSA) is 61.7 Å². The van der Waals surface area contributed by atoms with Crippen molar-refractivity contribution in [3.63, 3.8) is 0 Å². The Hall–Kier alpha value is -2.66. The smallest absolute Gasteiger partial charge is 0.244 e. The summed E-state index contributed by atoms with van der Waals surface area (Å²) in [7, 11) is 0. The molecule has 0 saturated carbocycles. The predicted molar refractivity (Wildman–Crippen MR) is 104 cm³/mol. The molecule has 25 heavy (non-hydrogen) atoms. The molecule has 0 aliphatic rings. The zero-order chi connectivity index (χ0) is 17.8. The van der Waals surface area contributed by atoms with Crippen molar-refractivity contribution in [3.05, 3.63) is 76.3 Å². The van der Waals surface area contributed by atoms with Gasteiger partial charge in [0.25, 0.3) is 0 Å². The molecule has 5 heteroatoms. The van der Waals surface area contributed by atoms with E-state index in [2.05, 4.69) is 26.5 Å². The summed E-state index contributed by atoms with van der Waals surface area (Å²) >= 11 is 3.53. The quantitative estimate of drug-likeness (QED) is 0.507. The number of rotatable bonds is 4. The second-order valence-corrected chi connectivity index (χ2v) is 6.53. The van der Waals surface area contributed by atoms with E-state index in [1.807, 2.05) is 42.5 Å². The monoisotopic (exact) mass is 396 g/mol. The van der Waals surface area contributed by atoms with Crippen LogP contribution in [-0.4, -0.2) is 16.7 Å². The highest BCUT2D eigenvalue weighted by atomic mass is 79.9. The van der Waals surface area contributed by atoms with Crippen LogP contribution < -0.4 is 5.43 Å². The summed E-state index contributed by atoms with van der Waals surface area (Å²) in [6, 6.07) is 18.7. The van der Waals surface area contributed by atoms with Gasteiger partial charge in [0.1, 0.15) is 5.75 Å². The molecular formula is C20H17BrN2O2. The number of phenolic OH excluding ortho intramolecular Hbond substituents is 1. The molecule has 0 spiro atoms. The molecule has 0 saturated heterocycles. The number of nitrogens with one attached hydrogen (secondary N) is 1. The summed E-state index contributed by atoms with van der Waals surface area (Å²) in [5, 5.41) is 16.0. The molecule has 0 bridgehead atoms. The standard InChI is InChI=1S/C20H17BrN2O2/c1-13(15-6-4-5-9-19(15)24)22-23-20(25)12-14-10-11-18(21)17-8-3-2-7-16(14)17/h2-11,24H,12H2,1H3,(H,23,25)/b22-13-. The van der Waals surface area contributed by atoms with Crippen molar-refractivity contribution in [3.8, 4) is 5.75 Å². The van der Waals surface area contributed by atoms with Crippen LogP contribution in [0, 0.1) is 0 Å². The van der Waals surface area contributed by atoms with Crippen LogP contribution in [0.1, 0.15) is 18.1 Å². The molecule has 126 valence electrons. The first-order valence-corrected chi connectivity index (χ1v) is 8.63. The predicted octanol–water partition coefficient (Wildman–Crippen LogP) is 4.39. The van der Waals surface area contributed by atoms with Crippen LogP contribution in [0.25, 0.3) is 10.8 Å². The first-order chi connectivity index (χ1) is 12.1. The number of carbonyl (C=O) groups is 1. The number of carbonyl (C=O) groups excluding carboxylic acids is 1. The highest BCUT2D eigenvalue weighted by Crippen LogP contribution is 2.27. The van der Waals surface area contributed by atoms with Crippen LogP contribution in [0.5, 0.6) is 5.75 Å². The molecule has 0 atom stereocenters. The van der Waals surface area contributed by atoms with Crippen molar-refractivity contribution < 1.29 is 9.90 Å². The Morgan fingerprint density at radius 2 is 1.72 bits per heavy atom. The summed E-state index contributed by atoms with van der Waals surface area (Å²) < 4.78 is 1.00. The van der Waals surface area contributed by atoms with Crippen molar-refractivity contribution in [1.82, 2.24) is 5.43 Å². The van der Waals surface area contributed by atoms with E-state index in [-0.39, 0.29) is 18.1 Å². The van der Waals surface area contributed by atoms with Gasteiger partial charge in [0.15, 0.2) is 0 Å². The maximum absolute atomic E-state index is 12.3. The van der Waals surface area contributed by atoms with Gasteiger partial charge >= 0.3 is 0 Å². The molecular weight excluding hydrogens is 380 g/mol. The number of benzene rings is 3. The van der Waals surface area contributed by atoms with Gasteiger partial charge in [-0.25, -0.2) is 5.43 Å². The number of fused-ring (bicyclic) bond motifs is 1. The number of para-hydroxylation sites is 1. The highest BCUT2D eigenvalue weighted by Gasteiger charge is 2.09. The van der Waals surface area contributed by atoms with Crippen LogP contribution in [0.4, 0.5) is 0 Å².